The topological polar surface area (TPSA) is 136 Å². The third-order valence-corrected chi connectivity index (χ3v) is 2.55. The summed E-state index contributed by atoms with van der Waals surface area (Å²) in [4.78, 5) is 0. The van der Waals surface area contributed by atoms with E-state index in [1.165, 1.54) is 0 Å². The Morgan fingerprint density at radius 2 is 1.80 bits per heavy atom. The van der Waals surface area contributed by atoms with Crippen LogP contribution in [0.15, 0.2) is 0 Å². The van der Waals surface area contributed by atoms with Gasteiger partial charge in [-0.25, -0.2) is 0 Å². The average molecular weight is 223 g/mol. The van der Waals surface area contributed by atoms with Crippen LogP contribution in [0.5, 0.6) is 0 Å². The molecule has 0 unspecified atom stereocenters. The second-order valence-corrected chi connectivity index (χ2v) is 3.65. The monoisotopic (exact) mass is 223 g/mol. The molecule has 7 nitrogen and oxygen atoms in total. The van der Waals surface area contributed by atoms with Crippen molar-refractivity contribution in [2.75, 3.05) is 13.2 Å². The summed E-state index contributed by atoms with van der Waals surface area (Å²) in [5.74, 6) is -2.03. The third-order valence-electron chi connectivity index (χ3n) is 2.55. The van der Waals surface area contributed by atoms with Crippen LogP contribution in [0.2, 0.25) is 0 Å². The first-order chi connectivity index (χ1) is 6.96. The lowest BCUT2D eigenvalue weighted by atomic mass is 9.91. The molecule has 5 atom stereocenters. The predicted octanol–water partition coefficient (Wildman–Crippen LogP) is -3.50. The molecule has 1 saturated heterocycles. The Hall–Kier alpha value is -0.280. The fourth-order valence-electron chi connectivity index (χ4n) is 1.63. The summed E-state index contributed by atoms with van der Waals surface area (Å²) >= 11 is 0. The molecule has 1 rings (SSSR count). The van der Waals surface area contributed by atoms with Crippen molar-refractivity contribution in [3.63, 3.8) is 0 Å². The number of rotatable bonds is 3. The summed E-state index contributed by atoms with van der Waals surface area (Å²) in [5.41, 5.74) is 5.22. The zero-order chi connectivity index (χ0) is 11.6. The van der Waals surface area contributed by atoms with E-state index in [9.17, 15) is 20.4 Å². The maximum absolute atomic E-state index is 9.80. The van der Waals surface area contributed by atoms with E-state index in [1.54, 1.807) is 0 Å². The molecular weight excluding hydrogens is 206 g/mol. The Labute approximate surface area is 86.7 Å². The Bertz CT molecular complexity index is 213. The van der Waals surface area contributed by atoms with Crippen LogP contribution >= 0.6 is 0 Å². The van der Waals surface area contributed by atoms with Gasteiger partial charge >= 0.3 is 0 Å². The van der Waals surface area contributed by atoms with Crippen molar-refractivity contribution >= 4 is 0 Å². The minimum Gasteiger partial charge on any atom is -0.394 e. The molecule has 0 bridgehead atoms. The molecule has 1 fully saturated rings. The first-order valence-electron chi connectivity index (χ1n) is 4.71. The lowest BCUT2D eigenvalue weighted by Gasteiger charge is -2.45. The normalized spacial score (nSPS) is 46.8. The van der Waals surface area contributed by atoms with Crippen LogP contribution < -0.4 is 5.73 Å². The second-order valence-electron chi connectivity index (χ2n) is 3.65. The van der Waals surface area contributed by atoms with Gasteiger partial charge in [0.1, 0.15) is 24.4 Å². The van der Waals surface area contributed by atoms with Crippen molar-refractivity contribution in [2.24, 2.45) is 5.73 Å². The van der Waals surface area contributed by atoms with Gasteiger partial charge in [-0.3, -0.25) is 0 Å². The highest BCUT2D eigenvalue weighted by Gasteiger charge is 2.51. The van der Waals surface area contributed by atoms with E-state index in [-0.39, 0.29) is 13.0 Å². The minimum absolute atomic E-state index is 0.0362. The molecule has 1 aliphatic rings. The Balaban J connectivity index is 2.82. The molecule has 15 heavy (non-hydrogen) atoms. The molecule has 1 aliphatic heterocycles. The van der Waals surface area contributed by atoms with Gasteiger partial charge in [0.25, 0.3) is 0 Å². The van der Waals surface area contributed by atoms with Crippen LogP contribution in [-0.2, 0) is 4.74 Å². The smallest absolute Gasteiger partial charge is 0.196 e. The van der Waals surface area contributed by atoms with Crippen LogP contribution in [0.4, 0.5) is 0 Å². The van der Waals surface area contributed by atoms with Gasteiger partial charge in [0.15, 0.2) is 5.79 Å². The fourth-order valence-corrected chi connectivity index (χ4v) is 1.63. The van der Waals surface area contributed by atoms with Gasteiger partial charge in [-0.15, -0.1) is 0 Å². The summed E-state index contributed by atoms with van der Waals surface area (Å²) in [6, 6.07) is 0. The van der Waals surface area contributed by atoms with Crippen molar-refractivity contribution in [1.82, 2.24) is 0 Å². The largest absolute Gasteiger partial charge is 0.394 e. The Morgan fingerprint density at radius 3 is 2.27 bits per heavy atom. The van der Waals surface area contributed by atoms with E-state index in [0.717, 1.165) is 0 Å². The van der Waals surface area contributed by atoms with Gasteiger partial charge in [-0.05, 0) is 6.54 Å². The molecule has 0 aromatic carbocycles. The van der Waals surface area contributed by atoms with Gasteiger partial charge in [0.2, 0.25) is 0 Å². The zero-order valence-electron chi connectivity index (χ0n) is 8.15. The Morgan fingerprint density at radius 1 is 1.20 bits per heavy atom. The quantitative estimate of drug-likeness (QED) is 0.292. The lowest BCUT2D eigenvalue weighted by molar-refractivity contribution is -0.350. The van der Waals surface area contributed by atoms with Gasteiger partial charge in [0, 0.05) is 6.42 Å². The lowest BCUT2D eigenvalue weighted by Crippen LogP contribution is -2.65. The molecule has 7 heteroatoms. The maximum Gasteiger partial charge on any atom is 0.196 e. The van der Waals surface area contributed by atoms with Crippen molar-refractivity contribution in [2.45, 2.75) is 36.6 Å². The van der Waals surface area contributed by atoms with E-state index in [4.69, 9.17) is 15.6 Å². The van der Waals surface area contributed by atoms with Crippen LogP contribution in [0.25, 0.3) is 0 Å². The van der Waals surface area contributed by atoms with Crippen LogP contribution in [0.1, 0.15) is 6.42 Å². The van der Waals surface area contributed by atoms with E-state index < -0.39 is 36.8 Å². The standard InChI is InChI=1S/C8H17NO6/c9-2-1-8(14)7(13)6(12)5(11)4(3-10)15-8/h4-7,10-14H,1-3,9H2/t4-,5-,6+,7-,8-/m1/s1. The highest BCUT2D eigenvalue weighted by molar-refractivity contribution is 4.95. The summed E-state index contributed by atoms with van der Waals surface area (Å²) in [6.45, 7) is -0.535. The van der Waals surface area contributed by atoms with Crippen molar-refractivity contribution < 1.29 is 30.3 Å². The number of hydrogen-bond acceptors (Lipinski definition) is 7. The third kappa shape index (κ3) is 2.28. The minimum atomic E-state index is -2.03. The summed E-state index contributed by atoms with van der Waals surface area (Å²) < 4.78 is 4.92. The molecule has 0 saturated carbocycles. The molecule has 0 aliphatic carbocycles. The van der Waals surface area contributed by atoms with Gasteiger partial charge < -0.3 is 36.0 Å². The number of nitrogens with two attached hydrogens (primary N) is 1. The first kappa shape index (κ1) is 12.8. The zero-order valence-corrected chi connectivity index (χ0v) is 8.15. The summed E-state index contributed by atoms with van der Waals surface area (Å²) in [6.07, 6.45) is -5.91. The number of aliphatic hydroxyl groups is 5. The number of ether oxygens (including phenoxy) is 1. The van der Waals surface area contributed by atoms with E-state index in [0.29, 0.717) is 0 Å². The fraction of sp³-hybridized carbons (Fsp3) is 1.00. The number of hydrogen-bond donors (Lipinski definition) is 6. The maximum atomic E-state index is 9.80. The van der Waals surface area contributed by atoms with Crippen molar-refractivity contribution in [3.8, 4) is 0 Å². The summed E-state index contributed by atoms with van der Waals surface area (Å²) in [7, 11) is 0. The van der Waals surface area contributed by atoms with Gasteiger partial charge in [-0.2, -0.15) is 0 Å². The van der Waals surface area contributed by atoms with Gasteiger partial charge in [0.05, 0.1) is 6.61 Å². The van der Waals surface area contributed by atoms with Crippen LogP contribution in [-0.4, -0.2) is 68.9 Å². The molecule has 0 amide bonds. The van der Waals surface area contributed by atoms with Crippen LogP contribution in [0, 0.1) is 0 Å². The molecule has 0 spiro atoms. The first-order valence-corrected chi connectivity index (χ1v) is 4.71. The van der Waals surface area contributed by atoms with E-state index in [1.807, 2.05) is 0 Å². The molecule has 0 aromatic rings. The van der Waals surface area contributed by atoms with Crippen LogP contribution in [0.3, 0.4) is 0 Å². The highest BCUT2D eigenvalue weighted by Crippen LogP contribution is 2.30. The molecule has 0 radical (unpaired) electrons. The van der Waals surface area contributed by atoms with Crippen molar-refractivity contribution in [1.29, 1.82) is 0 Å². The highest BCUT2D eigenvalue weighted by atomic mass is 16.7. The Kier molecular flexibility index (Phi) is 4.01. The molecule has 7 N–H and O–H groups in total. The van der Waals surface area contributed by atoms with E-state index >= 15 is 0 Å². The second kappa shape index (κ2) is 4.71. The van der Waals surface area contributed by atoms with Crippen molar-refractivity contribution in [3.05, 3.63) is 0 Å². The predicted molar refractivity (Wildman–Crippen MR) is 48.6 cm³/mol. The van der Waals surface area contributed by atoms with Gasteiger partial charge in [-0.1, -0.05) is 0 Å². The summed E-state index contributed by atoms with van der Waals surface area (Å²) in [5, 5.41) is 46.9. The number of aliphatic hydroxyl groups excluding tert-OH is 4. The molecular formula is C8H17NO6. The SMILES string of the molecule is NCC[C@@]1(O)O[C@H](CO)[C@@H](O)[C@H](O)[C@H]1O. The molecule has 1 heterocycles. The average Bonchev–Trinajstić information content (AvgIpc) is 2.21. The molecule has 0 aromatic heterocycles. The van der Waals surface area contributed by atoms with E-state index in [2.05, 4.69) is 0 Å². The molecule has 90 valence electrons.